The fourth-order valence-electron chi connectivity index (χ4n) is 7.77. The van der Waals surface area contributed by atoms with E-state index in [0.717, 1.165) is 128 Å². The van der Waals surface area contributed by atoms with Gasteiger partial charge in [0.15, 0.2) is 6.10 Å². The van der Waals surface area contributed by atoms with E-state index >= 15 is 0 Å². The highest BCUT2D eigenvalue weighted by molar-refractivity contribution is 5.70. The Kier molecular flexibility index (Phi) is 57.5. The van der Waals surface area contributed by atoms with Crippen LogP contribution in [0.5, 0.6) is 0 Å². The molecule has 0 rings (SSSR count). The van der Waals surface area contributed by atoms with Gasteiger partial charge in [-0.3, -0.25) is 9.59 Å². The second kappa shape index (κ2) is 61.1. The Morgan fingerprint density at radius 3 is 0.903 bits per heavy atom. The SMILES string of the molecule is CC/C=C\C/C=C\C/C=C\C/C=C\C/C=C\C/C=C\C/C=C\C/C=C\C/C=C\C/C=C\C/C=C\C/C=C\CCCCCCC(=O)OC(CO)COC(=O)CCCCCCCCCCCCCCCCCCC. The first kappa shape index (κ1) is 67.8. The summed E-state index contributed by atoms with van der Waals surface area (Å²) in [4.78, 5) is 24.5. The molecule has 0 aliphatic rings. The van der Waals surface area contributed by atoms with E-state index in [4.69, 9.17) is 9.47 Å². The average molecular weight is 994 g/mol. The van der Waals surface area contributed by atoms with Gasteiger partial charge in [0.2, 0.25) is 0 Å². The maximum Gasteiger partial charge on any atom is 0.306 e. The van der Waals surface area contributed by atoms with Crippen LogP contribution in [0.25, 0.3) is 0 Å². The summed E-state index contributed by atoms with van der Waals surface area (Å²) in [5.41, 5.74) is 0. The van der Waals surface area contributed by atoms with Crippen molar-refractivity contribution in [2.45, 2.75) is 251 Å². The number of ether oxygens (including phenoxy) is 2. The van der Waals surface area contributed by atoms with Gasteiger partial charge in [0.05, 0.1) is 6.61 Å². The third-order valence-electron chi connectivity index (χ3n) is 12.1. The predicted octanol–water partition coefficient (Wildman–Crippen LogP) is 20.2. The van der Waals surface area contributed by atoms with Gasteiger partial charge in [-0.1, -0.05) is 275 Å². The van der Waals surface area contributed by atoms with Gasteiger partial charge in [-0.25, -0.2) is 0 Å². The van der Waals surface area contributed by atoms with Gasteiger partial charge < -0.3 is 14.6 Å². The number of allylic oxidation sites excluding steroid dienone is 24. The van der Waals surface area contributed by atoms with Crippen LogP contribution in [0.3, 0.4) is 0 Å². The number of carbonyl (C=O) groups is 2. The lowest BCUT2D eigenvalue weighted by Crippen LogP contribution is -2.28. The highest BCUT2D eigenvalue weighted by atomic mass is 16.6. The van der Waals surface area contributed by atoms with Crippen molar-refractivity contribution in [2.75, 3.05) is 13.2 Å². The van der Waals surface area contributed by atoms with E-state index in [2.05, 4.69) is 160 Å². The summed E-state index contributed by atoms with van der Waals surface area (Å²) in [7, 11) is 0. The zero-order valence-electron chi connectivity index (χ0n) is 46.4. The molecule has 1 atom stereocenters. The van der Waals surface area contributed by atoms with Crippen molar-refractivity contribution in [3.8, 4) is 0 Å². The van der Waals surface area contributed by atoms with Crippen molar-refractivity contribution in [1.29, 1.82) is 0 Å². The molecule has 0 bridgehead atoms. The van der Waals surface area contributed by atoms with Crippen molar-refractivity contribution in [1.82, 2.24) is 0 Å². The molecular formula is C67H108O5. The van der Waals surface area contributed by atoms with E-state index in [1.165, 1.54) is 89.9 Å². The predicted molar refractivity (Wildman–Crippen MR) is 315 cm³/mol. The Morgan fingerprint density at radius 2 is 0.597 bits per heavy atom. The van der Waals surface area contributed by atoms with Crippen molar-refractivity contribution < 1.29 is 24.2 Å². The highest BCUT2D eigenvalue weighted by Crippen LogP contribution is 2.15. The van der Waals surface area contributed by atoms with Gasteiger partial charge in [0.1, 0.15) is 6.61 Å². The average Bonchev–Trinajstić information content (AvgIpc) is 3.38. The Hall–Kier alpha value is -4.22. The number of hydrogen-bond acceptors (Lipinski definition) is 5. The van der Waals surface area contributed by atoms with Crippen molar-refractivity contribution in [3.63, 3.8) is 0 Å². The molecule has 0 spiro atoms. The normalized spacial score (nSPS) is 13.3. The highest BCUT2D eigenvalue weighted by Gasteiger charge is 2.16. The summed E-state index contributed by atoms with van der Waals surface area (Å²) in [5, 5.41) is 9.64. The molecule has 5 heteroatoms. The van der Waals surface area contributed by atoms with Crippen LogP contribution in [-0.2, 0) is 19.1 Å². The molecule has 0 heterocycles. The number of rotatable bonds is 52. The molecule has 0 aliphatic heterocycles. The summed E-state index contributed by atoms with van der Waals surface area (Å²) in [5.74, 6) is -0.622. The molecule has 0 saturated heterocycles. The molecule has 0 amide bonds. The summed E-state index contributed by atoms with van der Waals surface area (Å²) >= 11 is 0. The Morgan fingerprint density at radius 1 is 0.333 bits per heavy atom. The van der Waals surface area contributed by atoms with E-state index in [9.17, 15) is 14.7 Å². The van der Waals surface area contributed by atoms with E-state index in [1.807, 2.05) is 0 Å². The summed E-state index contributed by atoms with van der Waals surface area (Å²) < 4.78 is 10.7. The molecule has 1 N–H and O–H groups in total. The lowest BCUT2D eigenvalue weighted by molar-refractivity contribution is -0.161. The smallest absolute Gasteiger partial charge is 0.306 e. The van der Waals surface area contributed by atoms with Gasteiger partial charge in [-0.15, -0.1) is 0 Å². The summed E-state index contributed by atoms with van der Waals surface area (Å²) in [6, 6.07) is 0. The monoisotopic (exact) mass is 993 g/mol. The van der Waals surface area contributed by atoms with Crippen LogP contribution in [0.2, 0.25) is 0 Å². The summed E-state index contributed by atoms with van der Waals surface area (Å²) in [6.45, 7) is 4.01. The van der Waals surface area contributed by atoms with Crippen LogP contribution in [0, 0.1) is 0 Å². The van der Waals surface area contributed by atoms with E-state index in [-0.39, 0.29) is 25.2 Å². The van der Waals surface area contributed by atoms with Gasteiger partial charge >= 0.3 is 11.9 Å². The number of carbonyl (C=O) groups excluding carboxylic acids is 2. The minimum Gasteiger partial charge on any atom is -0.462 e. The van der Waals surface area contributed by atoms with Crippen molar-refractivity contribution >= 4 is 11.9 Å². The largest absolute Gasteiger partial charge is 0.462 e. The number of unbranched alkanes of at least 4 members (excludes halogenated alkanes) is 20. The fourth-order valence-corrected chi connectivity index (χ4v) is 7.77. The molecule has 406 valence electrons. The Balaban J connectivity index is 3.66. The number of aliphatic hydroxyl groups is 1. The molecule has 0 radical (unpaired) electrons. The topological polar surface area (TPSA) is 72.8 Å². The zero-order valence-corrected chi connectivity index (χ0v) is 46.4. The van der Waals surface area contributed by atoms with E-state index in [1.54, 1.807) is 0 Å². The van der Waals surface area contributed by atoms with Gasteiger partial charge in [-0.2, -0.15) is 0 Å². The molecule has 1 unspecified atom stereocenters. The minimum absolute atomic E-state index is 0.0817. The first-order valence-corrected chi connectivity index (χ1v) is 29.4. The molecule has 5 nitrogen and oxygen atoms in total. The lowest BCUT2D eigenvalue weighted by Gasteiger charge is -2.15. The molecule has 0 saturated carbocycles. The van der Waals surface area contributed by atoms with E-state index in [0.29, 0.717) is 12.8 Å². The number of esters is 2. The van der Waals surface area contributed by atoms with E-state index < -0.39 is 6.10 Å². The van der Waals surface area contributed by atoms with Gasteiger partial charge in [0, 0.05) is 12.8 Å². The van der Waals surface area contributed by atoms with Crippen LogP contribution >= 0.6 is 0 Å². The van der Waals surface area contributed by atoms with Gasteiger partial charge in [0.25, 0.3) is 0 Å². The second-order valence-corrected chi connectivity index (χ2v) is 19.0. The third-order valence-corrected chi connectivity index (χ3v) is 12.1. The molecule has 0 aromatic carbocycles. The van der Waals surface area contributed by atoms with Crippen molar-refractivity contribution in [3.05, 3.63) is 146 Å². The molecule has 72 heavy (non-hydrogen) atoms. The molecule has 0 aromatic rings. The quantitative estimate of drug-likeness (QED) is 0.0373. The zero-order chi connectivity index (χ0) is 52.0. The number of aliphatic hydroxyl groups excluding tert-OH is 1. The first-order valence-electron chi connectivity index (χ1n) is 29.4. The number of hydrogen-bond donors (Lipinski definition) is 1. The van der Waals surface area contributed by atoms with Crippen LogP contribution in [0.4, 0.5) is 0 Å². The molecule has 0 aromatic heterocycles. The Labute approximate surface area is 444 Å². The standard InChI is InChI=1S/C67H108O5/c1-3-5-7-9-11-13-15-17-19-21-22-23-24-25-26-27-28-29-30-31-32-33-34-35-36-37-38-39-40-41-42-43-44-46-48-50-52-54-56-58-60-62-67(70)72-65(63-68)64-71-66(69)61-59-57-55-53-51-49-47-45-20-18-16-14-12-10-8-6-4-2/h5,7,11,13,17,19,22-23,25-26,28-29,31-32,34-35,37-38,40-41,43-44,48,50,65,68H,3-4,6,8-10,12,14-16,18,20-21,24,27,30,33,36,39,42,45-47,49,51-64H2,1-2H3/b7-5-,13-11-,19-17-,23-22-,26-25-,29-28-,32-31-,35-34-,38-37-,41-40-,44-43-,50-48-. The first-order chi connectivity index (χ1) is 35.6. The third kappa shape index (κ3) is 58.4. The minimum atomic E-state index is -0.794. The van der Waals surface area contributed by atoms with Crippen LogP contribution in [0.15, 0.2) is 146 Å². The Bertz CT molecular complexity index is 1540. The lowest BCUT2D eigenvalue weighted by atomic mass is 10.0. The maximum atomic E-state index is 12.3. The maximum absolute atomic E-state index is 12.3. The van der Waals surface area contributed by atoms with Crippen LogP contribution < -0.4 is 0 Å². The molecule has 0 fully saturated rings. The fraction of sp³-hybridized carbons (Fsp3) is 0.612. The van der Waals surface area contributed by atoms with Crippen molar-refractivity contribution in [2.24, 2.45) is 0 Å². The second-order valence-electron chi connectivity index (χ2n) is 19.0. The molecule has 0 aliphatic carbocycles. The van der Waals surface area contributed by atoms with Crippen LogP contribution in [0.1, 0.15) is 245 Å². The molecular weight excluding hydrogens is 885 g/mol. The summed E-state index contributed by atoms with van der Waals surface area (Å²) in [6.07, 6.45) is 92.5. The van der Waals surface area contributed by atoms with Crippen LogP contribution in [-0.4, -0.2) is 36.4 Å². The van der Waals surface area contributed by atoms with Gasteiger partial charge in [-0.05, 0) is 103 Å².